The maximum atomic E-state index is 12.9. The average molecular weight is 318 g/mol. The molecule has 1 atom stereocenters. The van der Waals surface area contributed by atoms with E-state index in [1.165, 1.54) is 20.4 Å². The highest BCUT2D eigenvalue weighted by Crippen LogP contribution is 2.24. The number of ketones is 1. The highest BCUT2D eigenvalue weighted by atomic mass is 16.9. The molecule has 0 aliphatic heterocycles. The number of aromatic nitrogens is 2. The Morgan fingerprint density at radius 2 is 1.91 bits per heavy atom. The summed E-state index contributed by atoms with van der Waals surface area (Å²) in [4.78, 5) is 17.0. The van der Waals surface area contributed by atoms with Gasteiger partial charge in [-0.3, -0.25) is 4.79 Å². The lowest BCUT2D eigenvalue weighted by Crippen LogP contribution is -2.46. The number of benzene rings is 1. The Hall–Kier alpha value is -2.02. The Morgan fingerprint density at radius 1 is 1.26 bits per heavy atom. The molecule has 0 aliphatic carbocycles. The minimum atomic E-state index is -1.76. The zero-order chi connectivity index (χ0) is 16.9. The quantitative estimate of drug-likeness (QED) is 0.553. The zero-order valence-corrected chi connectivity index (χ0v) is 13.9. The summed E-state index contributed by atoms with van der Waals surface area (Å²) in [6.07, 6.45) is 3.11. The molecule has 0 saturated heterocycles. The number of carbonyl (C=O) groups excluding carboxylic acids is 1. The molecule has 0 unspecified atom stereocenters. The average Bonchev–Trinajstić information content (AvgIpc) is 3.09. The lowest BCUT2D eigenvalue weighted by molar-refractivity contribution is -0.321. The largest absolute Gasteiger partial charge is 0.352 e. The standard InChI is InChI=1S/C17H22N2O4/c1-5-23-17(21-3,22-4)16(20)15-11-18-12-19(15)13(2)14-9-7-6-8-10-14/h6-13H,5H2,1-4H3/t13-/m1/s1. The number of hydrogen-bond donors (Lipinski definition) is 0. The van der Waals surface area contributed by atoms with Crippen molar-refractivity contribution in [3.05, 3.63) is 54.1 Å². The van der Waals surface area contributed by atoms with Crippen LogP contribution in [0.2, 0.25) is 0 Å². The number of ether oxygens (including phenoxy) is 3. The third-order valence-electron chi connectivity index (χ3n) is 3.75. The van der Waals surface area contributed by atoms with Gasteiger partial charge in [0.15, 0.2) is 0 Å². The van der Waals surface area contributed by atoms with Gasteiger partial charge in [0.05, 0.1) is 25.2 Å². The number of imidazole rings is 1. The first kappa shape index (κ1) is 17.3. The Bertz CT molecular complexity index is 635. The number of nitrogens with zero attached hydrogens (tertiary/aromatic N) is 2. The number of carbonyl (C=O) groups is 1. The van der Waals surface area contributed by atoms with Gasteiger partial charge in [-0.05, 0) is 19.4 Å². The van der Waals surface area contributed by atoms with Gasteiger partial charge in [-0.1, -0.05) is 30.3 Å². The Labute approximate surface area is 136 Å². The molecule has 1 aromatic heterocycles. The topological polar surface area (TPSA) is 62.6 Å². The van der Waals surface area contributed by atoms with Crippen molar-refractivity contribution in [2.75, 3.05) is 20.8 Å². The summed E-state index contributed by atoms with van der Waals surface area (Å²) in [7, 11) is 2.75. The van der Waals surface area contributed by atoms with E-state index in [1.54, 1.807) is 17.8 Å². The SMILES string of the molecule is CCOC(OC)(OC)C(=O)c1cncn1[C@H](C)c1ccccc1. The van der Waals surface area contributed by atoms with Gasteiger partial charge in [-0.25, -0.2) is 4.98 Å². The second kappa shape index (κ2) is 7.50. The summed E-state index contributed by atoms with van der Waals surface area (Å²) in [5.74, 6) is -2.19. The molecular weight excluding hydrogens is 296 g/mol. The van der Waals surface area contributed by atoms with E-state index in [2.05, 4.69) is 4.98 Å². The van der Waals surface area contributed by atoms with E-state index < -0.39 is 11.8 Å². The van der Waals surface area contributed by atoms with Gasteiger partial charge in [0.1, 0.15) is 5.69 Å². The summed E-state index contributed by atoms with van der Waals surface area (Å²) >= 11 is 0. The van der Waals surface area contributed by atoms with Crippen LogP contribution in [0.1, 0.15) is 35.9 Å². The van der Waals surface area contributed by atoms with E-state index in [0.717, 1.165) is 5.56 Å². The smallest absolute Gasteiger partial charge is 0.324 e. The van der Waals surface area contributed by atoms with Gasteiger partial charge in [-0.15, -0.1) is 0 Å². The molecule has 23 heavy (non-hydrogen) atoms. The summed E-state index contributed by atoms with van der Waals surface area (Å²) < 4.78 is 17.6. The van der Waals surface area contributed by atoms with Crippen molar-refractivity contribution in [3.63, 3.8) is 0 Å². The van der Waals surface area contributed by atoms with Crippen LogP contribution < -0.4 is 0 Å². The van der Waals surface area contributed by atoms with Crippen LogP contribution in [-0.2, 0) is 14.2 Å². The van der Waals surface area contributed by atoms with Crippen LogP contribution in [0.3, 0.4) is 0 Å². The van der Waals surface area contributed by atoms with Crippen LogP contribution in [0, 0.1) is 0 Å². The van der Waals surface area contributed by atoms with Gasteiger partial charge in [-0.2, -0.15) is 0 Å². The molecule has 0 bridgehead atoms. The van der Waals surface area contributed by atoms with Crippen LogP contribution in [0.25, 0.3) is 0 Å². The number of methoxy groups -OCH3 is 2. The molecular formula is C17H22N2O4. The van der Waals surface area contributed by atoms with E-state index in [9.17, 15) is 4.79 Å². The van der Waals surface area contributed by atoms with Crippen LogP contribution in [0.15, 0.2) is 42.9 Å². The van der Waals surface area contributed by atoms with Crippen LogP contribution in [0.4, 0.5) is 0 Å². The molecule has 0 saturated carbocycles. The minimum absolute atomic E-state index is 0.0642. The Morgan fingerprint density at radius 3 is 2.48 bits per heavy atom. The molecule has 0 N–H and O–H groups in total. The lowest BCUT2D eigenvalue weighted by Gasteiger charge is -2.28. The highest BCUT2D eigenvalue weighted by molar-refractivity contribution is 5.99. The van der Waals surface area contributed by atoms with Crippen molar-refractivity contribution in [3.8, 4) is 0 Å². The molecule has 1 aromatic carbocycles. The summed E-state index contributed by atoms with van der Waals surface area (Å²) in [6.45, 7) is 4.04. The van der Waals surface area contributed by atoms with Crippen molar-refractivity contribution in [2.24, 2.45) is 0 Å². The van der Waals surface area contributed by atoms with Gasteiger partial charge in [0.25, 0.3) is 5.78 Å². The van der Waals surface area contributed by atoms with Gasteiger partial charge < -0.3 is 18.8 Å². The number of hydrogen-bond acceptors (Lipinski definition) is 5. The van der Waals surface area contributed by atoms with Crippen LogP contribution in [-0.4, -0.2) is 42.1 Å². The molecule has 2 aromatic rings. The monoisotopic (exact) mass is 318 g/mol. The lowest BCUT2D eigenvalue weighted by atomic mass is 10.1. The molecule has 1 heterocycles. The first-order valence-corrected chi connectivity index (χ1v) is 7.45. The number of Topliss-reactive ketones (excluding diaryl/α,β-unsaturated/α-hetero) is 1. The Balaban J connectivity index is 2.38. The predicted molar refractivity (Wildman–Crippen MR) is 85.2 cm³/mol. The molecule has 6 heteroatoms. The molecule has 0 radical (unpaired) electrons. The molecule has 2 rings (SSSR count). The van der Waals surface area contributed by atoms with E-state index in [0.29, 0.717) is 5.69 Å². The molecule has 6 nitrogen and oxygen atoms in total. The van der Waals surface area contributed by atoms with E-state index in [4.69, 9.17) is 14.2 Å². The van der Waals surface area contributed by atoms with E-state index in [1.807, 2.05) is 37.3 Å². The maximum Gasteiger partial charge on any atom is 0.352 e. The van der Waals surface area contributed by atoms with Gasteiger partial charge in [0, 0.05) is 14.2 Å². The van der Waals surface area contributed by atoms with Crippen molar-refractivity contribution in [1.29, 1.82) is 0 Å². The summed E-state index contributed by atoms with van der Waals surface area (Å²) in [5, 5.41) is 0. The maximum absolute atomic E-state index is 12.9. The minimum Gasteiger partial charge on any atom is -0.324 e. The highest BCUT2D eigenvalue weighted by Gasteiger charge is 2.43. The second-order valence-electron chi connectivity index (χ2n) is 5.00. The first-order valence-electron chi connectivity index (χ1n) is 7.45. The van der Waals surface area contributed by atoms with Gasteiger partial charge >= 0.3 is 5.97 Å². The Kier molecular flexibility index (Phi) is 5.65. The molecule has 0 spiro atoms. The molecule has 124 valence electrons. The fourth-order valence-corrected chi connectivity index (χ4v) is 2.48. The van der Waals surface area contributed by atoms with E-state index >= 15 is 0 Å². The normalized spacial score (nSPS) is 13.0. The predicted octanol–water partition coefficient (Wildman–Crippen LogP) is 2.66. The first-order chi connectivity index (χ1) is 11.1. The summed E-state index contributed by atoms with van der Waals surface area (Å²) in [5.41, 5.74) is 1.43. The molecule has 0 fully saturated rings. The van der Waals surface area contributed by atoms with Crippen molar-refractivity contribution in [2.45, 2.75) is 25.9 Å². The summed E-state index contributed by atoms with van der Waals surface area (Å²) in [6, 6.07) is 9.80. The fourth-order valence-electron chi connectivity index (χ4n) is 2.48. The van der Waals surface area contributed by atoms with Crippen molar-refractivity contribution in [1.82, 2.24) is 9.55 Å². The third-order valence-corrected chi connectivity index (χ3v) is 3.75. The molecule has 0 aliphatic rings. The van der Waals surface area contributed by atoms with Crippen molar-refractivity contribution >= 4 is 5.78 Å². The second-order valence-corrected chi connectivity index (χ2v) is 5.00. The number of rotatable bonds is 8. The van der Waals surface area contributed by atoms with Crippen LogP contribution >= 0.6 is 0 Å². The van der Waals surface area contributed by atoms with Gasteiger partial charge in [0.2, 0.25) is 0 Å². The van der Waals surface area contributed by atoms with Crippen LogP contribution in [0.5, 0.6) is 0 Å². The third kappa shape index (κ3) is 3.34. The van der Waals surface area contributed by atoms with Crippen molar-refractivity contribution < 1.29 is 19.0 Å². The van der Waals surface area contributed by atoms with E-state index in [-0.39, 0.29) is 12.6 Å². The zero-order valence-electron chi connectivity index (χ0n) is 13.9. The molecule has 0 amide bonds. The fraction of sp³-hybridized carbons (Fsp3) is 0.412.